The quantitative estimate of drug-likeness (QED) is 0.535. The van der Waals surface area contributed by atoms with Crippen LogP contribution in [-0.2, 0) is 4.79 Å². The van der Waals surface area contributed by atoms with E-state index in [9.17, 15) is 9.90 Å². The fourth-order valence-corrected chi connectivity index (χ4v) is 2.80. The number of aromatic hydroxyl groups is 1. The van der Waals surface area contributed by atoms with Gasteiger partial charge >= 0.3 is 0 Å². The van der Waals surface area contributed by atoms with Crippen molar-refractivity contribution in [3.8, 4) is 11.5 Å². The Morgan fingerprint density at radius 1 is 1.14 bits per heavy atom. The Hall–Kier alpha value is -4.13. The number of phenols is 1. The van der Waals surface area contributed by atoms with Crippen molar-refractivity contribution in [1.29, 1.82) is 0 Å². The van der Waals surface area contributed by atoms with Crippen LogP contribution in [0, 0.1) is 0 Å². The van der Waals surface area contributed by atoms with Crippen LogP contribution in [0.4, 0.5) is 0 Å². The van der Waals surface area contributed by atoms with Gasteiger partial charge in [-0.05, 0) is 35.9 Å². The Bertz CT molecular complexity index is 1120. The van der Waals surface area contributed by atoms with Gasteiger partial charge in [-0.1, -0.05) is 30.3 Å². The van der Waals surface area contributed by atoms with Crippen molar-refractivity contribution < 1.29 is 19.1 Å². The smallest absolute Gasteiger partial charge is 0.298 e. The number of ether oxygens (including phenoxy) is 1. The number of methoxy groups -OCH3 is 1. The maximum atomic E-state index is 12.9. The van der Waals surface area contributed by atoms with Crippen molar-refractivity contribution in [3.05, 3.63) is 89.5 Å². The van der Waals surface area contributed by atoms with Gasteiger partial charge in [-0.15, -0.1) is 0 Å². The molecule has 1 aliphatic heterocycles. The standard InChI is InChI=1S/C22H17N3O4/c1-28-20-12-15(9-10-19(20)26)14-23-25-21(16-6-3-2-4-7-16)24-18(22(25)27)13-17-8-5-11-29-17/h2-14,26H,1H3. The van der Waals surface area contributed by atoms with Gasteiger partial charge in [-0.2, -0.15) is 10.1 Å². The van der Waals surface area contributed by atoms with E-state index in [0.717, 1.165) is 5.56 Å². The summed E-state index contributed by atoms with van der Waals surface area (Å²) < 4.78 is 10.4. The fourth-order valence-electron chi connectivity index (χ4n) is 2.80. The summed E-state index contributed by atoms with van der Waals surface area (Å²) in [6, 6.07) is 17.6. The van der Waals surface area contributed by atoms with E-state index >= 15 is 0 Å². The Kier molecular flexibility index (Phi) is 4.94. The minimum absolute atomic E-state index is 0.0251. The lowest BCUT2D eigenvalue weighted by molar-refractivity contribution is -0.122. The van der Waals surface area contributed by atoms with E-state index in [1.807, 2.05) is 30.3 Å². The molecule has 0 atom stereocenters. The van der Waals surface area contributed by atoms with E-state index in [1.54, 1.807) is 30.3 Å². The number of benzene rings is 2. The molecule has 0 spiro atoms. The number of amides is 1. The Labute approximate surface area is 166 Å². The topological polar surface area (TPSA) is 87.6 Å². The molecule has 0 fully saturated rings. The van der Waals surface area contributed by atoms with Gasteiger partial charge in [-0.3, -0.25) is 4.79 Å². The van der Waals surface area contributed by atoms with E-state index < -0.39 is 0 Å². The van der Waals surface area contributed by atoms with Crippen LogP contribution < -0.4 is 4.74 Å². The Morgan fingerprint density at radius 3 is 2.69 bits per heavy atom. The van der Waals surface area contributed by atoms with Gasteiger partial charge in [0.15, 0.2) is 17.3 Å². The number of nitrogens with zero attached hydrogens (tertiary/aromatic N) is 3. The third kappa shape index (κ3) is 3.79. The van der Waals surface area contributed by atoms with E-state index in [-0.39, 0.29) is 17.4 Å². The predicted molar refractivity (Wildman–Crippen MR) is 109 cm³/mol. The van der Waals surface area contributed by atoms with Crippen LogP contribution in [-0.4, -0.2) is 35.2 Å². The largest absolute Gasteiger partial charge is 0.504 e. The van der Waals surface area contributed by atoms with Gasteiger partial charge in [0, 0.05) is 11.6 Å². The number of rotatable bonds is 5. The van der Waals surface area contributed by atoms with Gasteiger partial charge < -0.3 is 14.3 Å². The summed E-state index contributed by atoms with van der Waals surface area (Å²) in [6.07, 6.45) is 4.61. The molecule has 0 saturated heterocycles. The summed E-state index contributed by atoms with van der Waals surface area (Å²) in [4.78, 5) is 17.4. The van der Waals surface area contributed by atoms with Gasteiger partial charge in [0.1, 0.15) is 11.5 Å². The Morgan fingerprint density at radius 2 is 1.97 bits per heavy atom. The predicted octanol–water partition coefficient (Wildman–Crippen LogP) is 3.66. The van der Waals surface area contributed by atoms with Crippen molar-refractivity contribution in [2.24, 2.45) is 10.1 Å². The zero-order valence-corrected chi connectivity index (χ0v) is 15.5. The average molecular weight is 387 g/mol. The molecule has 2 aromatic carbocycles. The Balaban J connectivity index is 1.70. The normalized spacial score (nSPS) is 15.3. The highest BCUT2D eigenvalue weighted by atomic mass is 16.5. The van der Waals surface area contributed by atoms with Crippen LogP contribution in [0.2, 0.25) is 0 Å². The molecule has 4 rings (SSSR count). The van der Waals surface area contributed by atoms with Gasteiger partial charge in [0.2, 0.25) is 0 Å². The van der Waals surface area contributed by atoms with Crippen LogP contribution in [0.25, 0.3) is 6.08 Å². The molecule has 0 saturated carbocycles. The number of aliphatic imine (C=N–C) groups is 1. The van der Waals surface area contributed by atoms with Crippen LogP contribution in [0.15, 0.2) is 87.1 Å². The molecular weight excluding hydrogens is 370 g/mol. The molecule has 7 nitrogen and oxygen atoms in total. The summed E-state index contributed by atoms with van der Waals surface area (Å²) in [7, 11) is 1.46. The number of hydrogen-bond donors (Lipinski definition) is 1. The molecule has 7 heteroatoms. The summed E-state index contributed by atoms with van der Waals surface area (Å²) in [5.74, 6) is 0.908. The van der Waals surface area contributed by atoms with Crippen molar-refractivity contribution >= 4 is 24.0 Å². The van der Waals surface area contributed by atoms with Crippen LogP contribution in [0.5, 0.6) is 11.5 Å². The van der Waals surface area contributed by atoms with Gasteiger partial charge in [0.05, 0.1) is 19.6 Å². The lowest BCUT2D eigenvalue weighted by atomic mass is 10.2. The number of carbonyl (C=O) groups is 1. The highest BCUT2D eigenvalue weighted by molar-refractivity contribution is 6.19. The second-order valence-electron chi connectivity index (χ2n) is 6.14. The van der Waals surface area contributed by atoms with Gasteiger partial charge in [-0.25, -0.2) is 4.99 Å². The molecule has 0 aliphatic carbocycles. The first-order valence-electron chi connectivity index (χ1n) is 8.80. The second kappa shape index (κ2) is 7.85. The molecule has 3 aromatic rings. The lowest BCUT2D eigenvalue weighted by Crippen LogP contribution is -2.27. The molecule has 29 heavy (non-hydrogen) atoms. The van der Waals surface area contributed by atoms with Crippen molar-refractivity contribution in [2.75, 3.05) is 7.11 Å². The first-order chi connectivity index (χ1) is 14.2. The van der Waals surface area contributed by atoms with E-state index in [1.165, 1.54) is 30.7 Å². The minimum Gasteiger partial charge on any atom is -0.504 e. The number of amidine groups is 1. The highest BCUT2D eigenvalue weighted by Crippen LogP contribution is 2.26. The number of carbonyl (C=O) groups excluding carboxylic acids is 1. The van der Waals surface area contributed by atoms with E-state index in [2.05, 4.69) is 10.1 Å². The molecule has 1 aliphatic rings. The highest BCUT2D eigenvalue weighted by Gasteiger charge is 2.31. The fraction of sp³-hybridized carbons (Fsp3) is 0.0455. The zero-order chi connectivity index (χ0) is 20.2. The SMILES string of the molecule is COc1cc(C=NN2C(=O)C(=Cc3ccco3)N=C2c2ccccc2)ccc1O. The summed E-state index contributed by atoms with van der Waals surface area (Å²) in [5.41, 5.74) is 1.63. The number of hydrazone groups is 1. The third-order valence-corrected chi connectivity index (χ3v) is 4.22. The number of hydrogen-bond acceptors (Lipinski definition) is 6. The molecular formula is C22H17N3O4. The maximum Gasteiger partial charge on any atom is 0.298 e. The molecule has 0 unspecified atom stereocenters. The summed E-state index contributed by atoms with van der Waals surface area (Å²) in [6.45, 7) is 0. The van der Waals surface area contributed by atoms with Crippen LogP contribution >= 0.6 is 0 Å². The molecule has 1 amide bonds. The van der Waals surface area contributed by atoms with Gasteiger partial charge in [0.25, 0.3) is 5.91 Å². The third-order valence-electron chi connectivity index (χ3n) is 4.22. The van der Waals surface area contributed by atoms with Crippen molar-refractivity contribution in [1.82, 2.24) is 5.01 Å². The number of phenolic OH excluding ortho intramolecular Hbond substituents is 1. The first-order valence-corrected chi connectivity index (χ1v) is 8.80. The molecule has 2 heterocycles. The monoisotopic (exact) mass is 387 g/mol. The zero-order valence-electron chi connectivity index (χ0n) is 15.5. The summed E-state index contributed by atoms with van der Waals surface area (Å²) >= 11 is 0. The first kappa shape index (κ1) is 18.2. The molecule has 144 valence electrons. The van der Waals surface area contributed by atoms with Crippen LogP contribution in [0.3, 0.4) is 0 Å². The number of furan rings is 1. The molecule has 0 bridgehead atoms. The van der Waals surface area contributed by atoms with Crippen molar-refractivity contribution in [2.45, 2.75) is 0 Å². The van der Waals surface area contributed by atoms with E-state index in [4.69, 9.17) is 9.15 Å². The van der Waals surface area contributed by atoms with Crippen LogP contribution in [0.1, 0.15) is 16.9 Å². The molecule has 1 aromatic heterocycles. The minimum atomic E-state index is -0.373. The van der Waals surface area contributed by atoms with E-state index in [0.29, 0.717) is 22.9 Å². The molecule has 1 N–H and O–H groups in total. The lowest BCUT2D eigenvalue weighted by Gasteiger charge is -2.12. The second-order valence-corrected chi connectivity index (χ2v) is 6.14. The summed E-state index contributed by atoms with van der Waals surface area (Å²) in [5, 5.41) is 15.3. The maximum absolute atomic E-state index is 12.9. The average Bonchev–Trinajstić information content (AvgIpc) is 3.37. The van der Waals surface area contributed by atoms with Crippen molar-refractivity contribution in [3.63, 3.8) is 0 Å². The molecule has 0 radical (unpaired) electrons.